The van der Waals surface area contributed by atoms with Crippen molar-refractivity contribution in [3.05, 3.63) is 0 Å². The van der Waals surface area contributed by atoms with Gasteiger partial charge >= 0.3 is 0 Å². The molecule has 3 heteroatoms. The van der Waals surface area contributed by atoms with Crippen molar-refractivity contribution in [3.63, 3.8) is 0 Å². The molecule has 2 saturated heterocycles. The van der Waals surface area contributed by atoms with Gasteiger partial charge in [0.2, 0.25) is 0 Å². The van der Waals surface area contributed by atoms with Crippen LogP contribution in [0.2, 0.25) is 0 Å². The summed E-state index contributed by atoms with van der Waals surface area (Å²) in [5.41, 5.74) is 0. The highest BCUT2D eigenvalue weighted by molar-refractivity contribution is 4.88. The van der Waals surface area contributed by atoms with E-state index < -0.39 is 0 Å². The van der Waals surface area contributed by atoms with E-state index in [0.717, 1.165) is 12.1 Å². The molecule has 0 radical (unpaired) electrons. The van der Waals surface area contributed by atoms with Crippen molar-refractivity contribution in [2.75, 3.05) is 39.8 Å². The van der Waals surface area contributed by atoms with Crippen molar-refractivity contribution < 1.29 is 0 Å². The average molecular weight is 197 g/mol. The van der Waals surface area contributed by atoms with Crippen LogP contribution in [0.15, 0.2) is 0 Å². The Morgan fingerprint density at radius 1 is 1.21 bits per heavy atom. The van der Waals surface area contributed by atoms with Gasteiger partial charge in [-0.1, -0.05) is 6.92 Å². The van der Waals surface area contributed by atoms with Gasteiger partial charge in [0.15, 0.2) is 0 Å². The minimum absolute atomic E-state index is 0.813. The minimum Gasteiger partial charge on any atom is -0.314 e. The molecule has 0 bridgehead atoms. The molecule has 14 heavy (non-hydrogen) atoms. The van der Waals surface area contributed by atoms with Crippen LogP contribution in [0.4, 0.5) is 0 Å². The largest absolute Gasteiger partial charge is 0.314 e. The van der Waals surface area contributed by atoms with E-state index in [-0.39, 0.29) is 0 Å². The van der Waals surface area contributed by atoms with Crippen LogP contribution < -0.4 is 5.32 Å². The number of likely N-dealkylation sites (N-methyl/N-ethyl adjacent to an activating group) is 1. The fraction of sp³-hybridized carbons (Fsp3) is 1.00. The standard InChI is InChI=1S/C11H23N3/c1-3-14-6-4-10(5-7-14)13(2)11-8-12-9-11/h10-12H,3-9H2,1-2H3. The summed E-state index contributed by atoms with van der Waals surface area (Å²) in [6.07, 6.45) is 2.72. The summed E-state index contributed by atoms with van der Waals surface area (Å²) >= 11 is 0. The molecule has 1 N–H and O–H groups in total. The normalized spacial score (nSPS) is 26.8. The molecular weight excluding hydrogens is 174 g/mol. The summed E-state index contributed by atoms with van der Waals surface area (Å²) in [6.45, 7) is 8.48. The molecule has 2 heterocycles. The molecule has 0 aromatic heterocycles. The van der Waals surface area contributed by atoms with E-state index in [1.165, 1.54) is 45.6 Å². The smallest absolute Gasteiger partial charge is 0.0345 e. The molecule has 2 aliphatic rings. The van der Waals surface area contributed by atoms with E-state index >= 15 is 0 Å². The summed E-state index contributed by atoms with van der Waals surface area (Å²) in [7, 11) is 2.30. The highest BCUT2D eigenvalue weighted by Crippen LogP contribution is 2.18. The Labute approximate surface area is 87.4 Å². The van der Waals surface area contributed by atoms with Crippen LogP contribution >= 0.6 is 0 Å². The second-order valence-electron chi connectivity index (χ2n) is 4.64. The highest BCUT2D eigenvalue weighted by atomic mass is 15.3. The summed E-state index contributed by atoms with van der Waals surface area (Å²) in [5.74, 6) is 0. The Balaban J connectivity index is 1.76. The predicted molar refractivity (Wildman–Crippen MR) is 59.6 cm³/mol. The van der Waals surface area contributed by atoms with Crippen molar-refractivity contribution in [1.29, 1.82) is 0 Å². The average Bonchev–Trinajstić information content (AvgIpc) is 2.15. The van der Waals surface area contributed by atoms with Crippen LogP contribution in [0.25, 0.3) is 0 Å². The van der Waals surface area contributed by atoms with Crippen LogP contribution in [0.3, 0.4) is 0 Å². The monoisotopic (exact) mass is 197 g/mol. The third-order valence-electron chi connectivity index (χ3n) is 3.92. The molecule has 3 nitrogen and oxygen atoms in total. The van der Waals surface area contributed by atoms with Gasteiger partial charge in [-0.05, 0) is 39.5 Å². The fourth-order valence-electron chi connectivity index (χ4n) is 2.50. The number of rotatable bonds is 3. The Bertz CT molecular complexity index is 171. The Morgan fingerprint density at radius 2 is 1.86 bits per heavy atom. The lowest BCUT2D eigenvalue weighted by atomic mass is 10.00. The van der Waals surface area contributed by atoms with E-state index in [1.54, 1.807) is 0 Å². The van der Waals surface area contributed by atoms with Gasteiger partial charge in [0.05, 0.1) is 0 Å². The van der Waals surface area contributed by atoms with E-state index in [1.807, 2.05) is 0 Å². The lowest BCUT2D eigenvalue weighted by Gasteiger charge is -2.43. The van der Waals surface area contributed by atoms with Gasteiger partial charge in [0.1, 0.15) is 0 Å². The second kappa shape index (κ2) is 4.60. The van der Waals surface area contributed by atoms with Crippen LogP contribution in [-0.4, -0.2) is 61.7 Å². The number of likely N-dealkylation sites (tertiary alicyclic amines) is 1. The predicted octanol–water partition coefficient (Wildman–Crippen LogP) is 0.374. The molecular formula is C11H23N3. The summed E-state index contributed by atoms with van der Waals surface area (Å²) in [4.78, 5) is 5.16. The highest BCUT2D eigenvalue weighted by Gasteiger charge is 2.29. The number of nitrogens with zero attached hydrogens (tertiary/aromatic N) is 2. The molecule has 0 unspecified atom stereocenters. The minimum atomic E-state index is 0.813. The lowest BCUT2D eigenvalue weighted by molar-refractivity contribution is 0.0760. The number of hydrogen-bond donors (Lipinski definition) is 1. The quantitative estimate of drug-likeness (QED) is 0.705. The molecule has 0 aromatic carbocycles. The molecule has 82 valence electrons. The van der Waals surface area contributed by atoms with E-state index in [0.29, 0.717) is 0 Å². The summed E-state index contributed by atoms with van der Waals surface area (Å²) < 4.78 is 0. The van der Waals surface area contributed by atoms with Crippen molar-refractivity contribution in [1.82, 2.24) is 15.1 Å². The topological polar surface area (TPSA) is 18.5 Å². The van der Waals surface area contributed by atoms with Crippen molar-refractivity contribution in [3.8, 4) is 0 Å². The summed E-state index contributed by atoms with van der Waals surface area (Å²) in [5, 5.41) is 3.35. The van der Waals surface area contributed by atoms with Gasteiger partial charge in [0, 0.05) is 25.2 Å². The van der Waals surface area contributed by atoms with Crippen LogP contribution in [0.5, 0.6) is 0 Å². The molecule has 0 aliphatic carbocycles. The van der Waals surface area contributed by atoms with Crippen LogP contribution in [0.1, 0.15) is 19.8 Å². The number of hydrogen-bond acceptors (Lipinski definition) is 3. The third kappa shape index (κ3) is 2.10. The maximum atomic E-state index is 3.35. The SMILES string of the molecule is CCN1CCC(N(C)C2CNC2)CC1. The first-order valence-electron chi connectivity index (χ1n) is 5.96. The van der Waals surface area contributed by atoms with Gasteiger partial charge in [0.25, 0.3) is 0 Å². The van der Waals surface area contributed by atoms with Crippen molar-refractivity contribution >= 4 is 0 Å². The van der Waals surface area contributed by atoms with Gasteiger partial charge < -0.3 is 10.2 Å². The zero-order valence-corrected chi connectivity index (χ0v) is 9.50. The van der Waals surface area contributed by atoms with Crippen LogP contribution in [0, 0.1) is 0 Å². The summed E-state index contributed by atoms with van der Waals surface area (Å²) in [6, 6.07) is 1.65. The molecule has 0 saturated carbocycles. The Morgan fingerprint density at radius 3 is 2.29 bits per heavy atom. The molecule has 0 atom stereocenters. The first kappa shape index (κ1) is 10.4. The maximum Gasteiger partial charge on any atom is 0.0345 e. The molecule has 0 aromatic rings. The van der Waals surface area contributed by atoms with E-state index in [2.05, 4.69) is 29.1 Å². The van der Waals surface area contributed by atoms with Gasteiger partial charge in [-0.25, -0.2) is 0 Å². The zero-order chi connectivity index (χ0) is 9.97. The molecule has 2 fully saturated rings. The van der Waals surface area contributed by atoms with Crippen molar-refractivity contribution in [2.24, 2.45) is 0 Å². The van der Waals surface area contributed by atoms with Crippen LogP contribution in [-0.2, 0) is 0 Å². The van der Waals surface area contributed by atoms with Gasteiger partial charge in [-0.15, -0.1) is 0 Å². The number of nitrogens with one attached hydrogen (secondary N) is 1. The fourth-order valence-corrected chi connectivity index (χ4v) is 2.50. The molecule has 0 amide bonds. The number of piperidine rings is 1. The first-order chi connectivity index (χ1) is 6.81. The second-order valence-corrected chi connectivity index (χ2v) is 4.64. The van der Waals surface area contributed by atoms with E-state index in [9.17, 15) is 0 Å². The zero-order valence-electron chi connectivity index (χ0n) is 9.50. The van der Waals surface area contributed by atoms with Crippen molar-refractivity contribution in [2.45, 2.75) is 31.8 Å². The lowest BCUT2D eigenvalue weighted by Crippen LogP contribution is -2.59. The molecule has 0 spiro atoms. The van der Waals surface area contributed by atoms with Gasteiger partial charge in [-0.2, -0.15) is 0 Å². The maximum absolute atomic E-state index is 3.35. The van der Waals surface area contributed by atoms with Gasteiger partial charge in [-0.3, -0.25) is 4.90 Å². The molecule has 2 rings (SSSR count). The molecule has 2 aliphatic heterocycles. The third-order valence-corrected chi connectivity index (χ3v) is 3.92. The van der Waals surface area contributed by atoms with E-state index in [4.69, 9.17) is 0 Å². The Hall–Kier alpha value is -0.120. The first-order valence-corrected chi connectivity index (χ1v) is 5.96. The Kier molecular flexibility index (Phi) is 3.42.